The van der Waals surface area contributed by atoms with Crippen LogP contribution >= 0.6 is 0 Å². The van der Waals surface area contributed by atoms with E-state index in [4.69, 9.17) is 9.72 Å². The van der Waals surface area contributed by atoms with Gasteiger partial charge < -0.3 is 19.5 Å². The highest BCUT2D eigenvalue weighted by molar-refractivity contribution is 5.89. The first-order valence-corrected chi connectivity index (χ1v) is 10.7. The molecule has 0 amide bonds. The number of cyclic esters (lactones) is 1. The Hall–Kier alpha value is -3.19. The summed E-state index contributed by atoms with van der Waals surface area (Å²) in [5.41, 5.74) is 2.61. The van der Waals surface area contributed by atoms with Crippen molar-refractivity contribution in [2.24, 2.45) is 0 Å². The number of rotatable bonds is 4. The molecule has 1 atom stereocenters. The van der Waals surface area contributed by atoms with Crippen molar-refractivity contribution in [1.82, 2.24) is 9.55 Å². The van der Waals surface area contributed by atoms with Crippen LogP contribution in [0.1, 0.15) is 55.4 Å². The van der Waals surface area contributed by atoms with E-state index in [1.807, 2.05) is 0 Å². The molecule has 0 saturated carbocycles. The number of pyridine rings is 2. The summed E-state index contributed by atoms with van der Waals surface area (Å²) < 4.78 is 6.79. The number of aryl methyl sites for hydroxylation is 1. The Morgan fingerprint density at radius 3 is 2.74 bits per heavy atom. The molecular weight excluding hydrogens is 396 g/mol. The minimum Gasteiger partial charge on any atom is -0.508 e. The molecule has 0 saturated heterocycles. The molecular formula is C24H24N2O5. The first-order chi connectivity index (χ1) is 14.9. The van der Waals surface area contributed by atoms with Crippen LogP contribution in [0.4, 0.5) is 0 Å². The van der Waals surface area contributed by atoms with Gasteiger partial charge in [-0.05, 0) is 49.1 Å². The predicted molar refractivity (Wildman–Crippen MR) is 115 cm³/mol. The van der Waals surface area contributed by atoms with Crippen molar-refractivity contribution in [2.75, 3.05) is 0 Å². The Kier molecular flexibility index (Phi) is 4.41. The number of phenols is 1. The number of phenolic OH excluding ortho intramolecular Hbond substituents is 1. The van der Waals surface area contributed by atoms with Crippen molar-refractivity contribution in [3.8, 4) is 17.1 Å². The van der Waals surface area contributed by atoms with E-state index < -0.39 is 11.6 Å². The van der Waals surface area contributed by atoms with Gasteiger partial charge in [0.2, 0.25) is 0 Å². The lowest BCUT2D eigenvalue weighted by atomic mass is 9.86. The summed E-state index contributed by atoms with van der Waals surface area (Å²) in [5.74, 6) is -0.547. The molecule has 2 aromatic heterocycles. The van der Waals surface area contributed by atoms with Crippen LogP contribution in [-0.4, -0.2) is 25.7 Å². The van der Waals surface area contributed by atoms with Gasteiger partial charge in [-0.1, -0.05) is 20.3 Å². The molecule has 3 aromatic rings. The molecule has 2 aliphatic heterocycles. The van der Waals surface area contributed by atoms with Crippen molar-refractivity contribution in [1.29, 1.82) is 0 Å². The number of hydrogen-bond donors (Lipinski definition) is 2. The molecule has 0 spiro atoms. The van der Waals surface area contributed by atoms with Gasteiger partial charge in [0, 0.05) is 16.5 Å². The number of carbonyl (C=O) groups excluding carboxylic acids is 1. The smallest absolute Gasteiger partial charge is 0.343 e. The monoisotopic (exact) mass is 420 g/mol. The molecule has 0 fully saturated rings. The van der Waals surface area contributed by atoms with E-state index in [1.165, 1.54) is 0 Å². The average molecular weight is 420 g/mol. The lowest BCUT2D eigenvalue weighted by Crippen LogP contribution is -2.44. The summed E-state index contributed by atoms with van der Waals surface area (Å²) in [6.07, 6.45) is 2.91. The highest BCUT2D eigenvalue weighted by Gasteiger charge is 2.45. The fourth-order valence-electron chi connectivity index (χ4n) is 4.79. The molecule has 1 aromatic carbocycles. The van der Waals surface area contributed by atoms with Crippen LogP contribution in [0, 0.1) is 0 Å². The Morgan fingerprint density at radius 1 is 1.19 bits per heavy atom. The van der Waals surface area contributed by atoms with E-state index in [-0.39, 0.29) is 24.3 Å². The first-order valence-electron chi connectivity index (χ1n) is 10.7. The Labute approximate surface area is 178 Å². The zero-order valence-electron chi connectivity index (χ0n) is 17.6. The molecule has 5 rings (SSSR count). The van der Waals surface area contributed by atoms with Crippen LogP contribution in [-0.2, 0) is 34.7 Å². The van der Waals surface area contributed by atoms with Gasteiger partial charge in [0.1, 0.15) is 12.4 Å². The molecule has 31 heavy (non-hydrogen) atoms. The molecule has 0 aliphatic carbocycles. The maximum absolute atomic E-state index is 13.3. The lowest BCUT2D eigenvalue weighted by Gasteiger charge is -2.31. The Balaban J connectivity index is 1.80. The van der Waals surface area contributed by atoms with Gasteiger partial charge in [0.15, 0.2) is 5.60 Å². The van der Waals surface area contributed by atoms with E-state index >= 15 is 0 Å². The third kappa shape index (κ3) is 2.73. The standard InChI is InChI=1S/C24H24N2O5/c1-3-5-6-14-15-9-13(27)7-8-19(15)25-21-16(14)11-26-20(21)10-18-17(22(26)28)12-31-23(29)24(18,30)4-2/h7-10,27,30H,3-6,11-12H2,1-2H3/t24-/m0/s1. The summed E-state index contributed by atoms with van der Waals surface area (Å²) >= 11 is 0. The third-order valence-corrected chi connectivity index (χ3v) is 6.57. The maximum Gasteiger partial charge on any atom is 0.343 e. The number of ether oxygens (including phenoxy) is 1. The summed E-state index contributed by atoms with van der Waals surface area (Å²) in [5, 5.41) is 21.9. The molecule has 0 unspecified atom stereocenters. The van der Waals surface area contributed by atoms with Crippen LogP contribution in [0.2, 0.25) is 0 Å². The van der Waals surface area contributed by atoms with Gasteiger partial charge in [-0.3, -0.25) is 4.79 Å². The number of carbonyl (C=O) groups is 1. The molecule has 7 heteroatoms. The van der Waals surface area contributed by atoms with Gasteiger partial charge >= 0.3 is 5.97 Å². The predicted octanol–water partition coefficient (Wildman–Crippen LogP) is 3.13. The number of esters is 1. The van der Waals surface area contributed by atoms with Crippen molar-refractivity contribution < 1.29 is 19.7 Å². The number of fused-ring (bicyclic) bond motifs is 5. The highest BCUT2D eigenvalue weighted by Crippen LogP contribution is 2.40. The summed E-state index contributed by atoms with van der Waals surface area (Å²) in [4.78, 5) is 30.5. The van der Waals surface area contributed by atoms with Gasteiger partial charge in [-0.15, -0.1) is 0 Å². The van der Waals surface area contributed by atoms with E-state index in [0.717, 1.165) is 41.3 Å². The second kappa shape index (κ2) is 6.92. The highest BCUT2D eigenvalue weighted by atomic mass is 16.6. The van der Waals surface area contributed by atoms with Crippen LogP contribution in [0.5, 0.6) is 5.75 Å². The lowest BCUT2D eigenvalue weighted by molar-refractivity contribution is -0.172. The zero-order valence-corrected chi connectivity index (χ0v) is 17.6. The second-order valence-electron chi connectivity index (χ2n) is 8.33. The summed E-state index contributed by atoms with van der Waals surface area (Å²) in [6.45, 7) is 4.04. The van der Waals surface area contributed by atoms with Crippen molar-refractivity contribution in [3.05, 3.63) is 56.9 Å². The van der Waals surface area contributed by atoms with E-state index in [2.05, 4.69) is 6.92 Å². The fourth-order valence-corrected chi connectivity index (χ4v) is 4.79. The maximum atomic E-state index is 13.3. The Bertz CT molecular complexity index is 1310. The van der Waals surface area contributed by atoms with Crippen LogP contribution < -0.4 is 5.56 Å². The molecule has 4 heterocycles. The normalized spacial score (nSPS) is 19.1. The van der Waals surface area contributed by atoms with Gasteiger partial charge in [-0.25, -0.2) is 9.78 Å². The fraction of sp³-hybridized carbons (Fsp3) is 0.375. The number of nitrogens with zero attached hydrogens (tertiary/aromatic N) is 2. The van der Waals surface area contributed by atoms with Crippen LogP contribution in [0.3, 0.4) is 0 Å². The molecule has 160 valence electrons. The Morgan fingerprint density at radius 2 is 2.00 bits per heavy atom. The third-order valence-electron chi connectivity index (χ3n) is 6.57. The second-order valence-corrected chi connectivity index (χ2v) is 8.33. The zero-order chi connectivity index (χ0) is 21.9. The van der Waals surface area contributed by atoms with Gasteiger partial charge in [0.25, 0.3) is 5.56 Å². The van der Waals surface area contributed by atoms with Gasteiger partial charge in [0.05, 0.1) is 29.0 Å². The van der Waals surface area contributed by atoms with E-state index in [1.54, 1.807) is 35.8 Å². The molecule has 2 aliphatic rings. The number of aliphatic hydroxyl groups is 1. The van der Waals surface area contributed by atoms with Crippen molar-refractivity contribution in [3.63, 3.8) is 0 Å². The summed E-state index contributed by atoms with van der Waals surface area (Å²) in [7, 11) is 0. The number of hydrogen-bond acceptors (Lipinski definition) is 6. The average Bonchev–Trinajstić information content (AvgIpc) is 3.13. The van der Waals surface area contributed by atoms with E-state index in [9.17, 15) is 19.8 Å². The van der Waals surface area contributed by atoms with Crippen LogP contribution in [0.15, 0.2) is 29.1 Å². The topological polar surface area (TPSA) is 102 Å². The minimum absolute atomic E-state index is 0.112. The first kappa shape index (κ1) is 19.8. The van der Waals surface area contributed by atoms with Crippen molar-refractivity contribution >= 4 is 16.9 Å². The summed E-state index contributed by atoms with van der Waals surface area (Å²) in [6, 6.07) is 6.84. The molecule has 0 radical (unpaired) electrons. The largest absolute Gasteiger partial charge is 0.508 e. The van der Waals surface area contributed by atoms with Gasteiger partial charge in [-0.2, -0.15) is 0 Å². The minimum atomic E-state index is -1.83. The number of benzene rings is 1. The molecule has 2 N–H and O–H groups in total. The quantitative estimate of drug-likeness (QED) is 0.492. The van der Waals surface area contributed by atoms with Crippen LogP contribution in [0.25, 0.3) is 22.3 Å². The number of aromatic hydroxyl groups is 1. The van der Waals surface area contributed by atoms with Crippen molar-refractivity contribution in [2.45, 2.75) is 58.3 Å². The van der Waals surface area contributed by atoms with E-state index in [0.29, 0.717) is 29.1 Å². The molecule has 0 bridgehead atoms. The SMILES string of the molecule is CCCCc1c2c(nc3ccc(O)cc13)-c1cc3c(c(=O)n1C2)COC(=O)[C@]3(O)CC. The number of aromatic nitrogens is 2. The number of unbranched alkanes of at least 4 members (excludes halogenated alkanes) is 1. The molecule has 7 nitrogen and oxygen atoms in total.